The fraction of sp³-hybridized carbons (Fsp3) is 0.829. The maximum Gasteiger partial charge on any atom is 0.306 e. The van der Waals surface area contributed by atoms with Crippen LogP contribution < -0.4 is 0 Å². The summed E-state index contributed by atoms with van der Waals surface area (Å²) in [5.41, 5.74) is 1.98. The zero-order valence-electron chi connectivity index (χ0n) is 27.6. The number of esters is 1. The van der Waals surface area contributed by atoms with Crippen LogP contribution in [0.15, 0.2) is 23.3 Å². The van der Waals surface area contributed by atoms with Crippen molar-refractivity contribution in [1.82, 2.24) is 0 Å². The van der Waals surface area contributed by atoms with Gasteiger partial charge in [-0.15, -0.1) is 0 Å². The number of aliphatic hydroxyl groups is 1. The van der Waals surface area contributed by atoms with E-state index in [4.69, 9.17) is 28.4 Å². The Morgan fingerprint density at radius 2 is 1.70 bits per heavy atom. The summed E-state index contributed by atoms with van der Waals surface area (Å²) in [6.45, 7) is 10.5. The van der Waals surface area contributed by atoms with Gasteiger partial charge in [0.15, 0.2) is 12.1 Å². The monoisotopic (exact) mass is 618 g/mol. The Kier molecular flexibility index (Phi) is 11.1. The number of ketones is 1. The minimum Gasteiger partial charge on any atom is -0.462 e. The van der Waals surface area contributed by atoms with Crippen LogP contribution in [-0.2, 0) is 38.0 Å². The molecule has 2 aliphatic heterocycles. The average molecular weight is 619 g/mol. The summed E-state index contributed by atoms with van der Waals surface area (Å²) in [5.74, 6) is -0.289. The first-order chi connectivity index (χ1) is 21.1. The molecule has 9 heteroatoms. The Bertz CT molecular complexity index is 1090. The van der Waals surface area contributed by atoms with Crippen molar-refractivity contribution in [3.63, 3.8) is 0 Å². The Morgan fingerprint density at radius 3 is 2.39 bits per heavy atom. The van der Waals surface area contributed by atoms with Crippen molar-refractivity contribution < 1.29 is 43.1 Å². The molecule has 9 nitrogen and oxygen atoms in total. The molecule has 3 fully saturated rings. The average Bonchev–Trinajstić information content (AvgIpc) is 3.57. The number of hydrogen-bond donors (Lipinski definition) is 1. The highest BCUT2D eigenvalue weighted by Crippen LogP contribution is 2.56. The minimum absolute atomic E-state index is 0.0343. The number of Topliss-reactive ketones (excluding diaryl/α,β-unsaturated/α-hetero) is 1. The first-order valence-electron chi connectivity index (χ1n) is 16.9. The number of ether oxygens (including phenoxy) is 6. The van der Waals surface area contributed by atoms with Crippen LogP contribution >= 0.6 is 0 Å². The van der Waals surface area contributed by atoms with Gasteiger partial charge in [0, 0.05) is 32.7 Å². The first kappa shape index (κ1) is 33.7. The molecule has 0 amide bonds. The maximum absolute atomic E-state index is 13.9. The predicted octanol–water partition coefficient (Wildman–Crippen LogP) is 4.79. The normalized spacial score (nSPS) is 44.8. The van der Waals surface area contributed by atoms with Gasteiger partial charge >= 0.3 is 5.97 Å². The quantitative estimate of drug-likeness (QED) is 0.318. The van der Waals surface area contributed by atoms with Gasteiger partial charge < -0.3 is 33.5 Å². The van der Waals surface area contributed by atoms with E-state index in [1.54, 1.807) is 14.2 Å². The number of rotatable bonds is 7. The highest BCUT2D eigenvalue weighted by atomic mass is 16.7. The molecule has 44 heavy (non-hydrogen) atoms. The van der Waals surface area contributed by atoms with Crippen LogP contribution in [0.5, 0.6) is 0 Å². The van der Waals surface area contributed by atoms with Crippen LogP contribution in [-0.4, -0.2) is 86.7 Å². The largest absolute Gasteiger partial charge is 0.462 e. The molecule has 0 aromatic carbocycles. The summed E-state index contributed by atoms with van der Waals surface area (Å²) in [6.07, 6.45) is 6.23. The molecule has 3 aliphatic carbocycles. The van der Waals surface area contributed by atoms with E-state index in [0.29, 0.717) is 30.9 Å². The van der Waals surface area contributed by atoms with E-state index in [-0.39, 0.29) is 72.4 Å². The van der Waals surface area contributed by atoms with E-state index in [0.717, 1.165) is 25.7 Å². The molecular formula is C35H54O9. The van der Waals surface area contributed by atoms with Crippen molar-refractivity contribution in [2.45, 2.75) is 129 Å². The second kappa shape index (κ2) is 14.4. The summed E-state index contributed by atoms with van der Waals surface area (Å²) < 4.78 is 36.6. The lowest BCUT2D eigenvalue weighted by atomic mass is 9.67. The van der Waals surface area contributed by atoms with Gasteiger partial charge in [-0.25, -0.2) is 0 Å². The fourth-order valence-electron chi connectivity index (χ4n) is 8.80. The summed E-state index contributed by atoms with van der Waals surface area (Å²) >= 11 is 0. The van der Waals surface area contributed by atoms with Crippen molar-refractivity contribution in [3.8, 4) is 0 Å². The number of methoxy groups -OCH3 is 2. The molecular weight excluding hydrogens is 564 g/mol. The number of aliphatic hydroxyl groups excluding tert-OH is 1. The lowest BCUT2D eigenvalue weighted by Crippen LogP contribution is -2.60. The molecule has 5 rings (SSSR count). The third-order valence-electron chi connectivity index (χ3n) is 11.2. The number of carbonyl (C=O) groups excluding carboxylic acids is 2. The highest BCUT2D eigenvalue weighted by Gasteiger charge is 2.53. The summed E-state index contributed by atoms with van der Waals surface area (Å²) in [4.78, 5) is 27.1. The lowest BCUT2D eigenvalue weighted by molar-refractivity contribution is -0.317. The molecule has 248 valence electrons. The molecule has 14 atom stereocenters. The van der Waals surface area contributed by atoms with Crippen molar-refractivity contribution in [1.29, 1.82) is 0 Å². The maximum atomic E-state index is 13.9. The molecule has 2 heterocycles. The second-order valence-electron chi connectivity index (χ2n) is 13.7. The summed E-state index contributed by atoms with van der Waals surface area (Å²) in [7, 11) is 3.32. The smallest absolute Gasteiger partial charge is 0.306 e. The van der Waals surface area contributed by atoms with Gasteiger partial charge in [-0.1, -0.05) is 31.6 Å². The Balaban J connectivity index is 1.37. The number of carbonyl (C=O) groups is 2. The second-order valence-corrected chi connectivity index (χ2v) is 13.7. The van der Waals surface area contributed by atoms with Crippen molar-refractivity contribution >= 4 is 11.8 Å². The summed E-state index contributed by atoms with van der Waals surface area (Å²) in [5, 5.41) is 10.9. The zero-order chi connectivity index (χ0) is 31.7. The van der Waals surface area contributed by atoms with E-state index in [9.17, 15) is 14.7 Å². The van der Waals surface area contributed by atoms with E-state index >= 15 is 0 Å². The van der Waals surface area contributed by atoms with E-state index in [2.05, 4.69) is 19.1 Å². The first-order valence-corrected chi connectivity index (χ1v) is 16.9. The van der Waals surface area contributed by atoms with E-state index in [1.807, 2.05) is 27.7 Å². The molecule has 1 N–H and O–H groups in total. The van der Waals surface area contributed by atoms with Crippen LogP contribution in [0.3, 0.4) is 0 Å². The lowest BCUT2D eigenvalue weighted by Gasteiger charge is -2.44. The number of allylic oxidation sites excluding steroid dienone is 4. The van der Waals surface area contributed by atoms with Crippen LogP contribution in [0.25, 0.3) is 0 Å². The van der Waals surface area contributed by atoms with Gasteiger partial charge in [0.05, 0.1) is 24.7 Å². The van der Waals surface area contributed by atoms with Crippen LogP contribution in [0.1, 0.15) is 79.6 Å². The molecule has 0 spiro atoms. The highest BCUT2D eigenvalue weighted by molar-refractivity contribution is 5.99. The number of hydrogen-bond acceptors (Lipinski definition) is 9. The van der Waals surface area contributed by atoms with Gasteiger partial charge in [0.1, 0.15) is 24.4 Å². The SMILES string of the molecule is CCOC1C(OC)C(C)OC(OC2CC3C(C)=CC4C5CC(=O)OC(CC)CCCC(O)C(C)C(=O)C5=CC4C3C2)C1OC. The standard InChI is InChI=1S/C35H54O9/c1-8-21-11-10-12-29(36)19(4)31(38)28-16-26-24(27(28)17-30(37)43-21)13-18(3)23-14-22(15-25(23)26)44-35-34(40-7)33(41-9-2)32(39-6)20(5)42-35/h13,16,19-27,29,32-36H,8-12,14-15,17H2,1-7H3. The van der Waals surface area contributed by atoms with E-state index < -0.39 is 24.4 Å². The molecule has 0 radical (unpaired) electrons. The Labute approximate surface area is 263 Å². The predicted molar refractivity (Wildman–Crippen MR) is 164 cm³/mol. The number of fused-ring (bicyclic) bond motifs is 5. The fourth-order valence-corrected chi connectivity index (χ4v) is 8.80. The van der Waals surface area contributed by atoms with Crippen LogP contribution in [0.4, 0.5) is 0 Å². The third-order valence-corrected chi connectivity index (χ3v) is 11.2. The molecule has 1 saturated carbocycles. The van der Waals surface area contributed by atoms with Crippen molar-refractivity contribution in [2.75, 3.05) is 20.8 Å². The van der Waals surface area contributed by atoms with E-state index in [1.165, 1.54) is 5.57 Å². The number of cyclic esters (lactones) is 1. The van der Waals surface area contributed by atoms with Crippen molar-refractivity contribution in [2.24, 2.45) is 35.5 Å². The topological polar surface area (TPSA) is 110 Å². The van der Waals surface area contributed by atoms with Gasteiger partial charge in [0.25, 0.3) is 0 Å². The van der Waals surface area contributed by atoms with Gasteiger partial charge in [0.2, 0.25) is 0 Å². The van der Waals surface area contributed by atoms with Gasteiger partial charge in [-0.05, 0) is 88.5 Å². The summed E-state index contributed by atoms with van der Waals surface area (Å²) in [6, 6.07) is 0. The van der Waals surface area contributed by atoms with Gasteiger partial charge in [-0.2, -0.15) is 0 Å². The molecule has 0 bridgehead atoms. The van der Waals surface area contributed by atoms with Crippen LogP contribution in [0, 0.1) is 35.5 Å². The van der Waals surface area contributed by atoms with Crippen molar-refractivity contribution in [3.05, 3.63) is 23.3 Å². The molecule has 0 aromatic heterocycles. The third kappa shape index (κ3) is 6.60. The zero-order valence-corrected chi connectivity index (χ0v) is 27.6. The molecule has 5 aliphatic rings. The van der Waals surface area contributed by atoms with Gasteiger partial charge in [-0.3, -0.25) is 9.59 Å². The Hall–Kier alpha value is -1.62. The molecule has 14 unspecified atom stereocenters. The molecule has 2 saturated heterocycles. The Morgan fingerprint density at radius 1 is 0.955 bits per heavy atom. The molecule has 0 aromatic rings. The van der Waals surface area contributed by atoms with Crippen LogP contribution in [0.2, 0.25) is 0 Å². The minimum atomic E-state index is -0.710.